The van der Waals surface area contributed by atoms with Crippen molar-refractivity contribution in [3.63, 3.8) is 0 Å². The number of hydrogen-bond donors (Lipinski definition) is 0. The van der Waals surface area contributed by atoms with Crippen LogP contribution in [0, 0.1) is 0 Å². The topological polar surface area (TPSA) is 63.7 Å². The summed E-state index contributed by atoms with van der Waals surface area (Å²) in [6.07, 6.45) is 0.450. The van der Waals surface area contributed by atoms with Crippen LogP contribution < -0.4 is 4.74 Å². The number of benzene rings is 2. The molecule has 0 aliphatic carbocycles. The van der Waals surface area contributed by atoms with Crippen molar-refractivity contribution in [3.8, 4) is 5.75 Å². The monoisotopic (exact) mass is 393 g/mol. The lowest BCUT2D eigenvalue weighted by Crippen LogP contribution is -2.40. The van der Waals surface area contributed by atoms with Crippen LogP contribution in [0.2, 0.25) is 5.02 Å². The van der Waals surface area contributed by atoms with Gasteiger partial charge in [0.05, 0.1) is 18.6 Å². The Morgan fingerprint density at radius 2 is 1.96 bits per heavy atom. The van der Waals surface area contributed by atoms with Gasteiger partial charge in [0.1, 0.15) is 5.75 Å². The number of amides is 1. The second kappa shape index (κ2) is 7.68. The Hall–Kier alpha value is -2.05. The Kier molecular flexibility index (Phi) is 5.53. The zero-order valence-corrected chi connectivity index (χ0v) is 16.0. The highest BCUT2D eigenvalue weighted by molar-refractivity contribution is 7.91. The van der Waals surface area contributed by atoms with Crippen molar-refractivity contribution in [2.24, 2.45) is 0 Å². The van der Waals surface area contributed by atoms with Crippen molar-refractivity contribution in [2.75, 3.05) is 18.6 Å². The highest BCUT2D eigenvalue weighted by Crippen LogP contribution is 2.24. The predicted molar refractivity (Wildman–Crippen MR) is 101 cm³/mol. The summed E-state index contributed by atoms with van der Waals surface area (Å²) < 4.78 is 29.1. The fourth-order valence-electron chi connectivity index (χ4n) is 3.11. The minimum atomic E-state index is -3.11. The number of hydrogen-bond acceptors (Lipinski definition) is 4. The van der Waals surface area contributed by atoms with E-state index >= 15 is 0 Å². The lowest BCUT2D eigenvalue weighted by Gasteiger charge is -2.28. The molecule has 1 heterocycles. The Balaban J connectivity index is 1.90. The summed E-state index contributed by atoms with van der Waals surface area (Å²) in [7, 11) is -1.53. The molecule has 0 aromatic heterocycles. The van der Waals surface area contributed by atoms with Crippen LogP contribution in [0.4, 0.5) is 0 Å². The molecule has 3 rings (SSSR count). The third-order valence-corrected chi connectivity index (χ3v) is 6.49. The van der Waals surface area contributed by atoms with Crippen LogP contribution in [-0.4, -0.2) is 43.9 Å². The van der Waals surface area contributed by atoms with Crippen molar-refractivity contribution in [1.29, 1.82) is 0 Å². The molecule has 0 bridgehead atoms. The molecular weight excluding hydrogens is 374 g/mol. The molecule has 0 spiro atoms. The summed E-state index contributed by atoms with van der Waals surface area (Å²) in [5.74, 6) is 0.600. The zero-order chi connectivity index (χ0) is 18.7. The van der Waals surface area contributed by atoms with Crippen molar-refractivity contribution in [3.05, 3.63) is 64.7 Å². The van der Waals surface area contributed by atoms with Gasteiger partial charge in [0.25, 0.3) is 5.91 Å². The molecule has 138 valence electrons. The van der Waals surface area contributed by atoms with Crippen molar-refractivity contribution in [2.45, 2.75) is 19.0 Å². The smallest absolute Gasteiger partial charge is 0.254 e. The second-order valence-electron chi connectivity index (χ2n) is 6.35. The van der Waals surface area contributed by atoms with Gasteiger partial charge >= 0.3 is 0 Å². The van der Waals surface area contributed by atoms with Crippen LogP contribution in [0.5, 0.6) is 5.75 Å². The molecule has 1 unspecified atom stereocenters. The van der Waals surface area contributed by atoms with Crippen LogP contribution in [0.15, 0.2) is 48.5 Å². The number of halogens is 1. The summed E-state index contributed by atoms with van der Waals surface area (Å²) in [6.45, 7) is 0.318. The molecule has 1 amide bonds. The van der Waals surface area contributed by atoms with E-state index in [1.165, 1.54) is 0 Å². The van der Waals surface area contributed by atoms with Crippen molar-refractivity contribution >= 4 is 27.3 Å². The second-order valence-corrected chi connectivity index (χ2v) is 9.01. The van der Waals surface area contributed by atoms with Crippen LogP contribution >= 0.6 is 11.6 Å². The maximum absolute atomic E-state index is 13.1. The van der Waals surface area contributed by atoms with Gasteiger partial charge in [-0.05, 0) is 48.4 Å². The molecule has 0 saturated carbocycles. The van der Waals surface area contributed by atoms with E-state index in [-0.39, 0.29) is 23.5 Å². The number of sulfone groups is 1. The number of rotatable bonds is 5. The Morgan fingerprint density at radius 1 is 1.23 bits per heavy atom. The van der Waals surface area contributed by atoms with E-state index in [4.69, 9.17) is 16.3 Å². The van der Waals surface area contributed by atoms with E-state index in [1.807, 2.05) is 24.3 Å². The molecule has 1 aliphatic heterocycles. The van der Waals surface area contributed by atoms with E-state index in [0.29, 0.717) is 29.3 Å². The zero-order valence-electron chi connectivity index (χ0n) is 14.4. The van der Waals surface area contributed by atoms with Crippen molar-refractivity contribution < 1.29 is 17.9 Å². The molecule has 2 aromatic rings. The van der Waals surface area contributed by atoms with Crippen LogP contribution in [0.3, 0.4) is 0 Å². The number of methoxy groups -OCH3 is 1. The number of carbonyl (C=O) groups is 1. The van der Waals surface area contributed by atoms with E-state index in [9.17, 15) is 13.2 Å². The van der Waals surface area contributed by atoms with E-state index < -0.39 is 9.84 Å². The first-order valence-electron chi connectivity index (χ1n) is 8.28. The lowest BCUT2D eigenvalue weighted by molar-refractivity contribution is 0.0681. The van der Waals surface area contributed by atoms with Gasteiger partial charge in [-0.3, -0.25) is 4.79 Å². The van der Waals surface area contributed by atoms with Gasteiger partial charge in [0.2, 0.25) is 0 Å². The SMILES string of the molecule is COc1cccc(CN(C(=O)c2ccc(Cl)cc2)C2CCS(=O)(=O)C2)c1. The number of ether oxygens (including phenoxy) is 1. The van der Waals surface area contributed by atoms with Gasteiger partial charge in [0.15, 0.2) is 9.84 Å². The van der Waals surface area contributed by atoms with Gasteiger partial charge in [-0.1, -0.05) is 23.7 Å². The molecule has 5 nitrogen and oxygen atoms in total. The van der Waals surface area contributed by atoms with Crippen LogP contribution in [0.25, 0.3) is 0 Å². The maximum atomic E-state index is 13.1. The first-order chi connectivity index (χ1) is 12.4. The van der Waals surface area contributed by atoms with E-state index in [1.54, 1.807) is 36.3 Å². The molecule has 0 N–H and O–H groups in total. The predicted octanol–water partition coefficient (Wildman–Crippen LogP) is 3.18. The first kappa shape index (κ1) is 18.7. The largest absolute Gasteiger partial charge is 0.497 e. The molecule has 0 radical (unpaired) electrons. The third kappa shape index (κ3) is 4.37. The molecule has 1 aliphatic rings. The molecule has 1 saturated heterocycles. The summed E-state index contributed by atoms with van der Waals surface area (Å²) >= 11 is 5.91. The van der Waals surface area contributed by atoms with Gasteiger partial charge in [0, 0.05) is 23.2 Å². The fraction of sp³-hybridized carbons (Fsp3) is 0.316. The molecular formula is C19H20ClNO4S. The maximum Gasteiger partial charge on any atom is 0.254 e. The quantitative estimate of drug-likeness (QED) is 0.782. The molecule has 26 heavy (non-hydrogen) atoms. The average molecular weight is 394 g/mol. The molecule has 1 fully saturated rings. The Bertz CT molecular complexity index is 896. The standard InChI is InChI=1S/C19H20ClNO4S/c1-25-18-4-2-3-14(11-18)12-21(17-9-10-26(23,24)13-17)19(22)15-5-7-16(20)8-6-15/h2-8,11,17H,9-10,12-13H2,1H3. The summed E-state index contributed by atoms with van der Waals surface area (Å²) in [4.78, 5) is 14.7. The fourth-order valence-corrected chi connectivity index (χ4v) is 4.97. The highest BCUT2D eigenvalue weighted by Gasteiger charge is 2.35. The van der Waals surface area contributed by atoms with Gasteiger partial charge in [-0.15, -0.1) is 0 Å². The Morgan fingerprint density at radius 3 is 2.58 bits per heavy atom. The van der Waals surface area contributed by atoms with E-state index in [0.717, 1.165) is 5.56 Å². The van der Waals surface area contributed by atoms with Gasteiger partial charge in [-0.2, -0.15) is 0 Å². The lowest BCUT2D eigenvalue weighted by atomic mass is 10.1. The minimum Gasteiger partial charge on any atom is -0.497 e. The minimum absolute atomic E-state index is 0.00367. The van der Waals surface area contributed by atoms with Gasteiger partial charge in [-0.25, -0.2) is 8.42 Å². The third-order valence-electron chi connectivity index (χ3n) is 4.49. The normalized spacial score (nSPS) is 18.5. The van der Waals surface area contributed by atoms with Crippen LogP contribution in [-0.2, 0) is 16.4 Å². The number of nitrogens with zero attached hydrogens (tertiary/aromatic N) is 1. The summed E-state index contributed by atoms with van der Waals surface area (Å²) in [6, 6.07) is 13.7. The average Bonchev–Trinajstić information content (AvgIpc) is 2.99. The van der Waals surface area contributed by atoms with Crippen molar-refractivity contribution in [1.82, 2.24) is 4.90 Å². The molecule has 2 aromatic carbocycles. The highest BCUT2D eigenvalue weighted by atomic mass is 35.5. The molecule has 1 atom stereocenters. The molecule has 7 heteroatoms. The summed E-state index contributed by atoms with van der Waals surface area (Å²) in [5.41, 5.74) is 1.37. The number of carbonyl (C=O) groups excluding carboxylic acids is 1. The van der Waals surface area contributed by atoms with E-state index in [2.05, 4.69) is 0 Å². The summed E-state index contributed by atoms with van der Waals surface area (Å²) in [5, 5.41) is 0.546. The Labute approximate surface area is 158 Å². The van der Waals surface area contributed by atoms with Gasteiger partial charge < -0.3 is 9.64 Å². The first-order valence-corrected chi connectivity index (χ1v) is 10.5. The van der Waals surface area contributed by atoms with Crippen LogP contribution in [0.1, 0.15) is 22.3 Å².